The molecular formula is C67H75Cl2N9O24. The van der Waals surface area contributed by atoms with Crippen LogP contribution in [0, 0.1) is 5.92 Å². The summed E-state index contributed by atoms with van der Waals surface area (Å²) >= 11 is 14.2. The van der Waals surface area contributed by atoms with Gasteiger partial charge in [-0.1, -0.05) is 55.2 Å². The number of nitrogens with one attached hydrogen (secondary N) is 6. The number of Topliss-reactive ketones (excluding diaryl/α,β-unsaturated/α-hetero) is 1. The number of carboxylic acid groups (broad SMARTS) is 1. The van der Waals surface area contributed by atoms with Crippen molar-refractivity contribution < 1.29 is 118 Å². The molecule has 0 aliphatic carbocycles. The van der Waals surface area contributed by atoms with Gasteiger partial charge in [-0.25, -0.2) is 4.79 Å². The summed E-state index contributed by atoms with van der Waals surface area (Å²) in [4.78, 5) is 134. The number of aliphatic hydroxyl groups excluding tert-OH is 5. The van der Waals surface area contributed by atoms with Gasteiger partial charge in [-0.15, -0.1) is 0 Å². The van der Waals surface area contributed by atoms with Crippen molar-refractivity contribution in [3.8, 4) is 57.1 Å². The molecule has 11 bridgehead atoms. The van der Waals surface area contributed by atoms with Gasteiger partial charge in [0, 0.05) is 29.2 Å². The molecule has 0 radical (unpaired) electrons. The molecule has 5 aromatic rings. The third-order valence-corrected chi connectivity index (χ3v) is 18.4. The fourth-order valence-electron chi connectivity index (χ4n) is 12.5. The van der Waals surface area contributed by atoms with Gasteiger partial charge in [0.2, 0.25) is 53.4 Å². The van der Waals surface area contributed by atoms with Gasteiger partial charge in [-0.05, 0) is 117 Å². The predicted molar refractivity (Wildman–Crippen MR) is 353 cm³/mol. The van der Waals surface area contributed by atoms with Crippen molar-refractivity contribution in [3.05, 3.63) is 117 Å². The summed E-state index contributed by atoms with van der Waals surface area (Å²) < 4.78 is 37.8. The summed E-state index contributed by atoms with van der Waals surface area (Å²) in [6, 6.07) is -0.470. The fourth-order valence-corrected chi connectivity index (χ4v) is 13.0. The number of rotatable bonds is 13. The van der Waals surface area contributed by atoms with Crippen molar-refractivity contribution in [2.24, 2.45) is 17.4 Å². The van der Waals surface area contributed by atoms with Gasteiger partial charge in [0.15, 0.2) is 29.6 Å². The number of benzene rings is 5. The molecule has 0 unspecified atom stereocenters. The number of likely N-dealkylation sites (N-methyl/N-ethyl adjacent to an activating group) is 1. The molecule has 33 nitrogen and oxygen atoms in total. The van der Waals surface area contributed by atoms with E-state index in [2.05, 4.69) is 31.9 Å². The monoisotopic (exact) mass is 1460 g/mol. The van der Waals surface area contributed by atoms with Crippen molar-refractivity contribution >= 4 is 76.3 Å². The maximum atomic E-state index is 16.1. The van der Waals surface area contributed by atoms with Gasteiger partial charge in [0.1, 0.15) is 102 Å². The van der Waals surface area contributed by atoms with Crippen molar-refractivity contribution in [3.63, 3.8) is 0 Å². The first-order valence-corrected chi connectivity index (χ1v) is 32.6. The number of hydrogen-bond acceptors (Lipinski definition) is 25. The average Bonchev–Trinajstić information content (AvgIpc) is 0.764. The highest BCUT2D eigenvalue weighted by atomic mass is 35.5. The molecule has 0 saturated carbocycles. The molecule has 2 fully saturated rings. The maximum Gasteiger partial charge on any atom is 0.330 e. The smallest absolute Gasteiger partial charge is 0.330 e. The molecule has 5 aromatic carbocycles. The van der Waals surface area contributed by atoms with Crippen LogP contribution < -0.4 is 57.6 Å². The van der Waals surface area contributed by atoms with Crippen LogP contribution in [0.25, 0.3) is 11.1 Å². The number of fused-ring (bicyclic) bond motifs is 15. The first-order chi connectivity index (χ1) is 48.0. The molecule has 19 N–H and O–H groups in total. The number of phenolic OH excluding ortho intramolecular Hbond substituents is 3. The number of aliphatic carboxylic acids is 1. The molecule has 102 heavy (non-hydrogen) atoms. The van der Waals surface area contributed by atoms with E-state index in [1.807, 2.05) is 13.8 Å². The number of aromatic hydroxyl groups is 3. The third-order valence-electron chi connectivity index (χ3n) is 17.8. The lowest BCUT2D eigenvalue weighted by Gasteiger charge is -2.40. The largest absolute Gasteiger partial charge is 0.508 e. The predicted octanol–water partition coefficient (Wildman–Crippen LogP) is 0.657. The third kappa shape index (κ3) is 15.8. The van der Waals surface area contributed by atoms with E-state index in [0.717, 1.165) is 60.7 Å². The fraction of sp³-hybridized carbons (Fsp3) is 0.418. The summed E-state index contributed by atoms with van der Waals surface area (Å²) in [5, 5.41) is 115. The number of halogens is 2. The Bertz CT molecular complexity index is 4160. The Labute approximate surface area is 590 Å². The first kappa shape index (κ1) is 75.2. The first-order valence-electron chi connectivity index (χ1n) is 31.8. The molecule has 7 heterocycles. The summed E-state index contributed by atoms with van der Waals surface area (Å²) in [5.74, 6) is -16.6. The second kappa shape index (κ2) is 30.2. The zero-order valence-corrected chi connectivity index (χ0v) is 56.7. The van der Waals surface area contributed by atoms with Gasteiger partial charge in [-0.3, -0.25) is 43.3 Å². The summed E-state index contributed by atoms with van der Waals surface area (Å²) in [5.41, 5.74) is 7.82. The molecular weight excluding hydrogens is 1390 g/mol. The Morgan fingerprint density at radius 1 is 0.716 bits per heavy atom. The molecule has 7 amide bonds. The lowest BCUT2D eigenvalue weighted by Crippen LogP contribution is -2.60. The molecule has 35 heteroatoms. The van der Waals surface area contributed by atoms with Crippen LogP contribution in [0.2, 0.25) is 10.0 Å². The van der Waals surface area contributed by atoms with Crippen LogP contribution >= 0.6 is 23.2 Å². The highest BCUT2D eigenvalue weighted by Crippen LogP contribution is 2.50. The Hall–Kier alpha value is -9.49. The van der Waals surface area contributed by atoms with E-state index in [4.69, 9.17) is 63.1 Å². The Morgan fingerprint density at radius 2 is 1.32 bits per heavy atom. The van der Waals surface area contributed by atoms with Crippen LogP contribution in [0.3, 0.4) is 0 Å². The number of nitrogens with zero attached hydrogens (tertiary/aromatic N) is 1. The lowest BCUT2D eigenvalue weighted by molar-refractivity contribution is -0.277. The lowest BCUT2D eigenvalue weighted by atomic mass is 9.88. The van der Waals surface area contributed by atoms with Crippen molar-refractivity contribution in [2.75, 3.05) is 20.7 Å². The minimum Gasteiger partial charge on any atom is -0.508 e. The van der Waals surface area contributed by atoms with Crippen LogP contribution in [-0.2, 0) is 57.4 Å². The number of primary amides is 1. The molecule has 0 spiro atoms. The molecule has 7 aliphatic heterocycles. The van der Waals surface area contributed by atoms with E-state index in [1.54, 1.807) is 19.0 Å². The minimum absolute atomic E-state index is 0.0929. The minimum atomic E-state index is -2.35. The highest BCUT2D eigenvalue weighted by Gasteiger charge is 2.49. The van der Waals surface area contributed by atoms with Gasteiger partial charge in [-0.2, -0.15) is 0 Å². The summed E-state index contributed by atoms with van der Waals surface area (Å²) in [6.07, 6.45) is -18.1. The number of aliphatic hydroxyl groups is 5. The zero-order valence-electron chi connectivity index (χ0n) is 55.2. The van der Waals surface area contributed by atoms with Crippen LogP contribution in [0.15, 0.2) is 78.9 Å². The Morgan fingerprint density at radius 3 is 1.92 bits per heavy atom. The van der Waals surface area contributed by atoms with E-state index < -0.39 is 243 Å². The number of carbonyl (C=O) groups excluding carboxylic acids is 8. The summed E-state index contributed by atoms with van der Waals surface area (Å²) in [6.45, 7) is 5.44. The van der Waals surface area contributed by atoms with Gasteiger partial charge in [0.05, 0.1) is 34.7 Å². The van der Waals surface area contributed by atoms with Crippen molar-refractivity contribution in [1.82, 2.24) is 36.8 Å². The average molecular weight is 1460 g/mol. The molecule has 546 valence electrons. The molecule has 12 rings (SSSR count). The molecule has 0 aromatic heterocycles. The quantitative estimate of drug-likeness (QED) is 0.0770. The van der Waals surface area contributed by atoms with Crippen molar-refractivity contribution in [2.45, 2.75) is 150 Å². The number of nitrogens with two attached hydrogens (primary N) is 2. The van der Waals surface area contributed by atoms with E-state index in [-0.39, 0.29) is 39.8 Å². The van der Waals surface area contributed by atoms with E-state index >= 15 is 19.2 Å². The Balaban J connectivity index is 1.26. The van der Waals surface area contributed by atoms with Crippen LogP contribution in [-0.4, -0.2) is 197 Å². The number of hydrogen-bond donors (Lipinski definition) is 17. The van der Waals surface area contributed by atoms with E-state index in [9.17, 15) is 69.9 Å². The SMILES string of the molecule is CC(C)C[C@H](C(=O)N[C@H]1C(=O)N[C@H](CC(N)=O)C(=O)N[C@H]2C(=O)N[C@H]3C(=O)N[C@H](C(=O)N[C@@H](C(=O)O)c4cc(O)cc(O)c4-c4cc3ccc4O)[C@H](O[C@H]3C[C@](C)(N)C(=O)[C@H](C)O3)c3ccc(c(Cl)c3)Oc3cc2cc(c3O[C@@H]2O[C@H](CO)[C@@H](O)[C@H](O)[C@H]2O)Oc2ccc(cc2Cl)[C@H]1O)N(C)C. The van der Waals surface area contributed by atoms with Crippen LogP contribution in [0.4, 0.5) is 0 Å². The standard InChI is InChI=1S/C67H75Cl2N9O24/c1-24(2)13-36(78(5)6)60(90)76-50-52(84)27-8-11-39(33(68)15-27)98-41-17-29-18-42(57(41)102-66-55(87)54(86)53(85)43(23-79)100-66)99-40-12-9-28(16-34(40)69)56(101-45-22-67(4,71)58(88)25(3)97-45)51-64(94)75-49(65(95)96)32-19-30(80)20-38(82)46(32)31-14-26(7-10-37(31)81)47(61(91)77-51)74-62(92)48(29)73-59(89)35(21-44(70)83)72-63(50)93/h7-12,14-20,24-25,35-36,43,45,47-56,66,79-82,84-87H,13,21-23,71H2,1-6H3,(H2,70,83)(H,72,93)(H,73,89)(H,74,92)(H,75,94)(H,76,90)(H,77,91)(H,95,96)/t25-,35+,36+,43+,45-,47+,48+,49+,50+,51-,52+,53+,54-,55+,56+,66-,67-/m0/s1. The second-order valence-corrected chi connectivity index (χ2v) is 26.9. The topological polar surface area (TPSA) is 519 Å². The zero-order chi connectivity index (χ0) is 74.4. The number of phenols is 3. The van der Waals surface area contributed by atoms with Crippen LogP contribution in [0.5, 0.6) is 46.0 Å². The number of carboxylic acids is 1. The molecule has 7 aliphatic rings. The van der Waals surface area contributed by atoms with Crippen LogP contribution in [0.1, 0.15) is 105 Å². The maximum absolute atomic E-state index is 16.1. The van der Waals surface area contributed by atoms with E-state index in [0.29, 0.717) is 0 Å². The van der Waals surface area contributed by atoms with Crippen molar-refractivity contribution in [1.29, 1.82) is 0 Å². The Kier molecular flexibility index (Phi) is 22.3. The normalized spacial score (nSPS) is 28.6. The number of ether oxygens (including phenoxy) is 6. The van der Waals surface area contributed by atoms with Gasteiger partial charge in [0.25, 0.3) is 0 Å². The highest BCUT2D eigenvalue weighted by molar-refractivity contribution is 6.32. The number of ketones is 1. The molecule has 2 saturated heterocycles. The van der Waals surface area contributed by atoms with E-state index in [1.165, 1.54) is 32.0 Å². The molecule has 17 atom stereocenters. The van der Waals surface area contributed by atoms with Gasteiger partial charge < -0.3 is 118 Å². The number of amides is 7. The van der Waals surface area contributed by atoms with Gasteiger partial charge >= 0.3 is 5.97 Å². The second-order valence-electron chi connectivity index (χ2n) is 26.1. The number of carbonyl (C=O) groups is 9. The summed E-state index contributed by atoms with van der Waals surface area (Å²) in [7, 11) is 3.19.